The van der Waals surface area contributed by atoms with Gasteiger partial charge in [0.05, 0.1) is 6.04 Å². The molecule has 4 fully saturated rings. The summed E-state index contributed by atoms with van der Waals surface area (Å²) in [6, 6.07) is -0.676. The van der Waals surface area contributed by atoms with Crippen molar-refractivity contribution < 1.29 is 71.3 Å². The van der Waals surface area contributed by atoms with Crippen LogP contribution in [0.25, 0.3) is 0 Å². The smallest absolute Gasteiger partial charge is 0.303 e. The van der Waals surface area contributed by atoms with Crippen LogP contribution in [0.5, 0.6) is 0 Å². The molecule has 4 rings (SSSR count). The lowest BCUT2D eigenvalue weighted by Gasteiger charge is -2.43. The van der Waals surface area contributed by atoms with E-state index in [1.165, 1.54) is 13.8 Å². The fourth-order valence-corrected chi connectivity index (χ4v) is 5.24. The Bertz CT molecular complexity index is 1140. The second-order valence-corrected chi connectivity index (χ2v) is 10.7. The number of hydrogen-bond donors (Lipinski definition) is 1. The van der Waals surface area contributed by atoms with E-state index in [0.29, 0.717) is 0 Å². The average Bonchev–Trinajstić information content (AvgIpc) is 3.53. The molecule has 0 saturated carbocycles. The molecule has 0 radical (unpaired) electrons. The Morgan fingerprint density at radius 2 is 1.35 bits per heavy atom. The molecule has 0 amide bonds. The number of aliphatic imine (C=N–C) groups is 1. The Morgan fingerprint density at radius 1 is 0.767 bits per heavy atom. The second kappa shape index (κ2) is 13.0. The summed E-state index contributed by atoms with van der Waals surface area (Å²) in [5.74, 6) is -4.44. The normalized spacial score (nSPS) is 37.0. The van der Waals surface area contributed by atoms with Crippen LogP contribution in [0.4, 0.5) is 0 Å². The molecule has 0 unspecified atom stereocenters. The van der Waals surface area contributed by atoms with Crippen molar-refractivity contribution in [3.63, 3.8) is 0 Å². The Labute approximate surface area is 246 Å². The van der Waals surface area contributed by atoms with Gasteiger partial charge in [-0.1, -0.05) is 0 Å². The summed E-state index contributed by atoms with van der Waals surface area (Å²) in [6.07, 6.45) is -9.79. The largest absolute Gasteiger partial charge is 0.463 e. The van der Waals surface area contributed by atoms with Gasteiger partial charge in [-0.25, -0.2) is 0 Å². The van der Waals surface area contributed by atoms with Crippen LogP contribution in [-0.4, -0.2) is 116 Å². The van der Waals surface area contributed by atoms with E-state index in [0.717, 1.165) is 20.8 Å². The highest BCUT2D eigenvalue weighted by Gasteiger charge is 2.59. The van der Waals surface area contributed by atoms with Gasteiger partial charge in [-0.3, -0.25) is 24.0 Å². The molecule has 1 N–H and O–H groups in total. The van der Waals surface area contributed by atoms with Gasteiger partial charge in [-0.2, -0.15) is 4.99 Å². The lowest BCUT2D eigenvalue weighted by molar-refractivity contribution is -0.251. The molecule has 4 heterocycles. The molecule has 0 aliphatic carbocycles. The maximum Gasteiger partial charge on any atom is 0.303 e. The maximum atomic E-state index is 12.1. The van der Waals surface area contributed by atoms with Crippen molar-refractivity contribution in [1.82, 2.24) is 5.32 Å². The third-order valence-electron chi connectivity index (χ3n) is 6.64. The minimum absolute atomic E-state index is 0.00930. The van der Waals surface area contributed by atoms with E-state index in [2.05, 4.69) is 10.3 Å². The van der Waals surface area contributed by atoms with Crippen molar-refractivity contribution in [3.05, 3.63) is 0 Å². The number of nitrogens with one attached hydrogen (secondary N) is 1. The third-order valence-corrected chi connectivity index (χ3v) is 6.64. The molecular formula is C26H36N2O15. The van der Waals surface area contributed by atoms with E-state index in [9.17, 15) is 24.0 Å². The van der Waals surface area contributed by atoms with E-state index in [1.807, 2.05) is 0 Å². The molecule has 0 aromatic rings. The summed E-state index contributed by atoms with van der Waals surface area (Å²) in [7, 11) is 0. The van der Waals surface area contributed by atoms with Crippen LogP contribution in [0.15, 0.2) is 4.99 Å². The highest BCUT2D eigenvalue weighted by molar-refractivity contribution is 5.76. The number of nitrogens with zero attached hydrogens (tertiary/aromatic N) is 1. The van der Waals surface area contributed by atoms with Crippen LogP contribution in [0.2, 0.25) is 0 Å². The first-order valence-electron chi connectivity index (χ1n) is 13.6. The van der Waals surface area contributed by atoms with Crippen molar-refractivity contribution in [2.45, 2.75) is 116 Å². The Kier molecular flexibility index (Phi) is 9.78. The average molecular weight is 617 g/mol. The number of rotatable bonds is 8. The number of fused-ring (bicyclic) bond motifs is 1. The first-order chi connectivity index (χ1) is 20.1. The molecule has 0 spiro atoms. The predicted molar refractivity (Wildman–Crippen MR) is 137 cm³/mol. The quantitative estimate of drug-likeness (QED) is 0.263. The molecule has 0 bridgehead atoms. The summed E-state index contributed by atoms with van der Waals surface area (Å²) in [5, 5.41) is 3.03. The number of carbonyl (C=O) groups excluding carboxylic acids is 5. The lowest BCUT2D eigenvalue weighted by Crippen LogP contribution is -2.62. The monoisotopic (exact) mass is 616 g/mol. The van der Waals surface area contributed by atoms with Crippen molar-refractivity contribution in [2.24, 2.45) is 4.99 Å². The van der Waals surface area contributed by atoms with Crippen LogP contribution in [0.3, 0.4) is 0 Å². The van der Waals surface area contributed by atoms with Gasteiger partial charge < -0.3 is 52.7 Å². The molecular weight excluding hydrogens is 580 g/mol. The number of esters is 5. The van der Waals surface area contributed by atoms with Crippen LogP contribution in [0, 0.1) is 0 Å². The minimum Gasteiger partial charge on any atom is -0.463 e. The van der Waals surface area contributed by atoms with Crippen molar-refractivity contribution >= 4 is 35.9 Å². The first kappa shape index (κ1) is 32.4. The van der Waals surface area contributed by atoms with Gasteiger partial charge in [0.25, 0.3) is 6.02 Å². The molecule has 4 saturated heterocycles. The van der Waals surface area contributed by atoms with Crippen molar-refractivity contribution in [1.29, 1.82) is 0 Å². The van der Waals surface area contributed by atoms with Gasteiger partial charge in [0.2, 0.25) is 0 Å². The molecule has 43 heavy (non-hydrogen) atoms. The Morgan fingerprint density at radius 3 is 1.95 bits per heavy atom. The van der Waals surface area contributed by atoms with Crippen molar-refractivity contribution in [3.8, 4) is 0 Å². The highest BCUT2D eigenvalue weighted by Crippen LogP contribution is 2.40. The van der Waals surface area contributed by atoms with Gasteiger partial charge in [0, 0.05) is 34.6 Å². The number of amidine groups is 1. The van der Waals surface area contributed by atoms with Crippen LogP contribution < -0.4 is 5.32 Å². The predicted octanol–water partition coefficient (Wildman–Crippen LogP) is -0.778. The van der Waals surface area contributed by atoms with E-state index in [1.54, 1.807) is 13.8 Å². The molecule has 17 nitrogen and oxygen atoms in total. The number of hydrogen-bond acceptors (Lipinski definition) is 16. The number of ether oxygens (including phenoxy) is 10. The van der Waals surface area contributed by atoms with Crippen molar-refractivity contribution in [2.75, 3.05) is 13.2 Å². The molecule has 240 valence electrons. The highest BCUT2D eigenvalue weighted by atomic mass is 16.8. The molecule has 0 aromatic carbocycles. The third kappa shape index (κ3) is 7.90. The zero-order chi connectivity index (χ0) is 31.6. The fourth-order valence-electron chi connectivity index (χ4n) is 5.24. The lowest BCUT2D eigenvalue weighted by atomic mass is 9.97. The SMILES string of the molecule is CC(=O)OC[C@H]1O[C@@H](/N=C2/N[C@@H]([C@H]3O[C@@H]4OC(C)(C)O[C@@H]4[C@H]3OC(C)=O)CO2)[C@H](OC(C)=O)[C@@H](OC(C)=O)[C@@H]1OC(C)=O. The molecule has 17 heteroatoms. The van der Waals surface area contributed by atoms with Crippen LogP contribution >= 0.6 is 0 Å². The second-order valence-electron chi connectivity index (χ2n) is 10.7. The molecule has 10 atom stereocenters. The molecule has 4 aliphatic rings. The van der Waals surface area contributed by atoms with Crippen LogP contribution in [0.1, 0.15) is 48.5 Å². The van der Waals surface area contributed by atoms with Gasteiger partial charge in [-0.15, -0.1) is 0 Å². The Balaban J connectivity index is 1.59. The number of carbonyl (C=O) groups is 5. The van der Waals surface area contributed by atoms with Gasteiger partial charge in [0.1, 0.15) is 25.4 Å². The zero-order valence-corrected chi connectivity index (χ0v) is 24.8. The standard InChI is InChI=1S/C26H36N2O15/c1-10(29)34-9-16-18(36-11(2)30)20(38-13(4)32)21(39-14(5)33)23(40-16)28-25-27-15(8-35-25)17-19(37-12(3)31)22-24(41-17)43-26(6,7)42-22/h15-24H,8-9H2,1-7H3,(H,27,28)/t15-,16-,17-,18-,19+,20+,21-,22-,23-,24-/m1/s1. The van der Waals surface area contributed by atoms with Gasteiger partial charge >= 0.3 is 29.8 Å². The minimum atomic E-state index is -1.41. The first-order valence-corrected chi connectivity index (χ1v) is 13.6. The van der Waals surface area contributed by atoms with E-state index in [4.69, 9.17) is 47.4 Å². The summed E-state index contributed by atoms with van der Waals surface area (Å²) in [4.78, 5) is 63.9. The van der Waals surface area contributed by atoms with E-state index in [-0.39, 0.29) is 12.6 Å². The summed E-state index contributed by atoms with van der Waals surface area (Å²) < 4.78 is 56.3. The van der Waals surface area contributed by atoms with E-state index >= 15 is 0 Å². The Hall–Kier alpha value is -3.54. The fraction of sp³-hybridized carbons (Fsp3) is 0.769. The van der Waals surface area contributed by atoms with Gasteiger partial charge in [-0.05, 0) is 13.8 Å². The van der Waals surface area contributed by atoms with E-state index < -0.39 is 104 Å². The summed E-state index contributed by atoms with van der Waals surface area (Å²) in [5.41, 5.74) is 0. The maximum absolute atomic E-state index is 12.1. The van der Waals surface area contributed by atoms with Gasteiger partial charge in [0.15, 0.2) is 48.8 Å². The topological polar surface area (TPSA) is 202 Å². The summed E-state index contributed by atoms with van der Waals surface area (Å²) >= 11 is 0. The summed E-state index contributed by atoms with van der Waals surface area (Å²) in [6.45, 7) is 8.82. The van der Waals surface area contributed by atoms with Crippen LogP contribution in [-0.2, 0) is 71.3 Å². The molecule has 4 aliphatic heterocycles. The zero-order valence-electron chi connectivity index (χ0n) is 24.8. The molecule has 0 aromatic heterocycles.